The Labute approximate surface area is 138 Å². The fraction of sp³-hybridized carbons (Fsp3) is 0.611. The first-order valence-electron chi connectivity index (χ1n) is 8.38. The highest BCUT2D eigenvalue weighted by Crippen LogP contribution is 2.20. The van der Waals surface area contributed by atoms with Gasteiger partial charge in [0.2, 0.25) is 0 Å². The van der Waals surface area contributed by atoms with Crippen LogP contribution in [0.25, 0.3) is 0 Å². The van der Waals surface area contributed by atoms with Crippen LogP contribution in [-0.4, -0.2) is 50.8 Å². The number of likely N-dealkylation sites (tertiary alicyclic amines) is 1. The van der Waals surface area contributed by atoms with E-state index in [1.807, 2.05) is 31.2 Å². The van der Waals surface area contributed by atoms with Gasteiger partial charge in [-0.05, 0) is 51.4 Å². The zero-order chi connectivity index (χ0) is 16.5. The van der Waals surface area contributed by atoms with Gasteiger partial charge in [0, 0.05) is 12.6 Å². The molecule has 0 atom stereocenters. The van der Waals surface area contributed by atoms with E-state index in [1.165, 1.54) is 0 Å². The largest absolute Gasteiger partial charge is 0.497 e. The van der Waals surface area contributed by atoms with Crippen molar-refractivity contribution in [2.75, 3.05) is 40.0 Å². The highest BCUT2D eigenvalue weighted by Gasteiger charge is 2.25. The number of carbonyl (C=O) groups excluding carboxylic acids is 1. The zero-order valence-corrected chi connectivity index (χ0v) is 14.1. The number of benzene rings is 1. The fourth-order valence-electron chi connectivity index (χ4n) is 2.82. The molecule has 0 bridgehead atoms. The van der Waals surface area contributed by atoms with Crippen LogP contribution in [0.15, 0.2) is 24.3 Å². The highest BCUT2D eigenvalue weighted by molar-refractivity contribution is 5.72. The number of methoxy groups -OCH3 is 1. The van der Waals surface area contributed by atoms with Crippen molar-refractivity contribution in [3.8, 4) is 11.5 Å². The van der Waals surface area contributed by atoms with Crippen LogP contribution in [0, 0.1) is 5.92 Å². The number of hydrogen-bond acceptors (Lipinski definition) is 5. The molecule has 1 saturated heterocycles. The van der Waals surface area contributed by atoms with E-state index in [0.717, 1.165) is 50.4 Å². The summed E-state index contributed by atoms with van der Waals surface area (Å²) in [5, 5.41) is 0. The number of piperidine rings is 1. The van der Waals surface area contributed by atoms with E-state index in [-0.39, 0.29) is 11.9 Å². The molecular formula is C18H27NO4. The van der Waals surface area contributed by atoms with Gasteiger partial charge in [-0.2, -0.15) is 0 Å². The minimum absolute atomic E-state index is 0.0338. The average Bonchev–Trinajstić information content (AvgIpc) is 2.59. The molecule has 128 valence electrons. The Morgan fingerprint density at radius 1 is 1.26 bits per heavy atom. The molecule has 1 heterocycles. The molecule has 2 rings (SSSR count). The minimum Gasteiger partial charge on any atom is -0.497 e. The Bertz CT molecular complexity index is 484. The van der Waals surface area contributed by atoms with Gasteiger partial charge in [-0.3, -0.25) is 4.79 Å². The van der Waals surface area contributed by atoms with Crippen molar-refractivity contribution in [3.05, 3.63) is 24.3 Å². The number of esters is 1. The zero-order valence-electron chi connectivity index (χ0n) is 14.1. The standard InChI is InChI=1S/C18H27NO4/c1-3-22-18(20)15-8-11-19(12-9-15)10-5-13-23-17-7-4-6-16(14-17)21-2/h4,6-7,14-15H,3,5,8-13H2,1-2H3. The number of carbonyl (C=O) groups is 1. The molecule has 23 heavy (non-hydrogen) atoms. The highest BCUT2D eigenvalue weighted by atomic mass is 16.5. The van der Waals surface area contributed by atoms with Crippen LogP contribution in [-0.2, 0) is 9.53 Å². The molecule has 0 unspecified atom stereocenters. The maximum atomic E-state index is 11.7. The summed E-state index contributed by atoms with van der Waals surface area (Å²) in [5.41, 5.74) is 0. The van der Waals surface area contributed by atoms with E-state index in [9.17, 15) is 4.79 Å². The van der Waals surface area contributed by atoms with Gasteiger partial charge in [0.25, 0.3) is 0 Å². The monoisotopic (exact) mass is 321 g/mol. The second kappa shape index (κ2) is 9.40. The molecule has 5 heteroatoms. The lowest BCUT2D eigenvalue weighted by Gasteiger charge is -2.30. The molecule has 1 aromatic carbocycles. The van der Waals surface area contributed by atoms with Crippen molar-refractivity contribution < 1.29 is 19.0 Å². The van der Waals surface area contributed by atoms with E-state index < -0.39 is 0 Å². The predicted molar refractivity (Wildman–Crippen MR) is 88.9 cm³/mol. The SMILES string of the molecule is CCOC(=O)C1CCN(CCCOc2cccc(OC)c2)CC1. The van der Waals surface area contributed by atoms with Crippen LogP contribution in [0.2, 0.25) is 0 Å². The molecule has 1 aliphatic heterocycles. The Kier molecular flexibility index (Phi) is 7.20. The Morgan fingerprint density at radius 2 is 2.00 bits per heavy atom. The summed E-state index contributed by atoms with van der Waals surface area (Å²) < 4.78 is 16.0. The van der Waals surface area contributed by atoms with Crippen molar-refractivity contribution in [1.82, 2.24) is 4.90 Å². The summed E-state index contributed by atoms with van der Waals surface area (Å²) in [4.78, 5) is 14.1. The van der Waals surface area contributed by atoms with E-state index in [2.05, 4.69) is 4.90 Å². The second-order valence-corrected chi connectivity index (χ2v) is 5.75. The van der Waals surface area contributed by atoms with Crippen LogP contribution < -0.4 is 9.47 Å². The predicted octanol–water partition coefficient (Wildman–Crippen LogP) is 2.74. The van der Waals surface area contributed by atoms with Crippen LogP contribution in [0.5, 0.6) is 11.5 Å². The molecule has 0 saturated carbocycles. The van der Waals surface area contributed by atoms with Crippen LogP contribution >= 0.6 is 0 Å². The lowest BCUT2D eigenvalue weighted by atomic mass is 9.97. The van der Waals surface area contributed by atoms with Gasteiger partial charge in [-0.15, -0.1) is 0 Å². The van der Waals surface area contributed by atoms with Gasteiger partial charge in [-0.25, -0.2) is 0 Å². The summed E-state index contributed by atoms with van der Waals surface area (Å²) in [6.07, 6.45) is 2.77. The molecule has 0 aliphatic carbocycles. The third-order valence-corrected chi connectivity index (χ3v) is 4.14. The van der Waals surface area contributed by atoms with E-state index in [4.69, 9.17) is 14.2 Å². The molecule has 1 aliphatic rings. The lowest BCUT2D eigenvalue weighted by molar-refractivity contribution is -0.149. The molecule has 0 amide bonds. The lowest BCUT2D eigenvalue weighted by Crippen LogP contribution is -2.37. The maximum Gasteiger partial charge on any atom is 0.309 e. The summed E-state index contributed by atoms with van der Waals surface area (Å²) in [6.45, 7) is 5.94. The van der Waals surface area contributed by atoms with Gasteiger partial charge in [0.05, 0.1) is 26.2 Å². The van der Waals surface area contributed by atoms with E-state index >= 15 is 0 Å². The number of rotatable bonds is 8. The normalized spacial score (nSPS) is 16.1. The van der Waals surface area contributed by atoms with Crippen LogP contribution in [0.3, 0.4) is 0 Å². The Hall–Kier alpha value is -1.75. The molecule has 1 aromatic rings. The van der Waals surface area contributed by atoms with Crippen molar-refractivity contribution in [3.63, 3.8) is 0 Å². The molecule has 0 spiro atoms. The third-order valence-electron chi connectivity index (χ3n) is 4.14. The third kappa shape index (κ3) is 5.75. The van der Waals surface area contributed by atoms with Crippen molar-refractivity contribution in [1.29, 1.82) is 0 Å². The minimum atomic E-state index is -0.0338. The first kappa shape index (κ1) is 17.6. The molecule has 0 radical (unpaired) electrons. The Balaban J connectivity index is 1.61. The molecule has 5 nitrogen and oxygen atoms in total. The Morgan fingerprint density at radius 3 is 2.70 bits per heavy atom. The van der Waals surface area contributed by atoms with Crippen molar-refractivity contribution in [2.24, 2.45) is 5.92 Å². The van der Waals surface area contributed by atoms with Gasteiger partial charge >= 0.3 is 5.97 Å². The van der Waals surface area contributed by atoms with Gasteiger partial charge < -0.3 is 19.1 Å². The molecule has 0 N–H and O–H groups in total. The smallest absolute Gasteiger partial charge is 0.309 e. The molecular weight excluding hydrogens is 294 g/mol. The maximum absolute atomic E-state index is 11.7. The van der Waals surface area contributed by atoms with E-state index in [1.54, 1.807) is 7.11 Å². The van der Waals surface area contributed by atoms with Gasteiger partial charge in [0.15, 0.2) is 0 Å². The summed E-state index contributed by atoms with van der Waals surface area (Å²) >= 11 is 0. The molecule has 1 fully saturated rings. The average molecular weight is 321 g/mol. The summed E-state index contributed by atoms with van der Waals surface area (Å²) in [7, 11) is 1.65. The summed E-state index contributed by atoms with van der Waals surface area (Å²) in [6, 6.07) is 7.66. The number of ether oxygens (including phenoxy) is 3. The summed E-state index contributed by atoms with van der Waals surface area (Å²) in [5.74, 6) is 1.70. The fourth-order valence-corrected chi connectivity index (χ4v) is 2.82. The molecule has 0 aromatic heterocycles. The van der Waals surface area contributed by atoms with Crippen LogP contribution in [0.4, 0.5) is 0 Å². The second-order valence-electron chi connectivity index (χ2n) is 5.75. The van der Waals surface area contributed by atoms with Gasteiger partial charge in [-0.1, -0.05) is 6.07 Å². The topological polar surface area (TPSA) is 48.0 Å². The number of hydrogen-bond donors (Lipinski definition) is 0. The quantitative estimate of drug-likeness (QED) is 0.544. The number of nitrogens with zero attached hydrogens (tertiary/aromatic N) is 1. The first-order chi connectivity index (χ1) is 11.2. The van der Waals surface area contributed by atoms with E-state index in [0.29, 0.717) is 13.2 Å². The van der Waals surface area contributed by atoms with Crippen molar-refractivity contribution in [2.45, 2.75) is 26.2 Å². The first-order valence-corrected chi connectivity index (χ1v) is 8.38. The van der Waals surface area contributed by atoms with Crippen LogP contribution in [0.1, 0.15) is 26.2 Å². The van der Waals surface area contributed by atoms with Crippen molar-refractivity contribution >= 4 is 5.97 Å². The van der Waals surface area contributed by atoms with Gasteiger partial charge in [0.1, 0.15) is 11.5 Å².